The van der Waals surface area contributed by atoms with E-state index in [1.807, 2.05) is 24.3 Å². The van der Waals surface area contributed by atoms with E-state index in [-0.39, 0.29) is 6.04 Å². The zero-order chi connectivity index (χ0) is 12.4. The van der Waals surface area contributed by atoms with Gasteiger partial charge >= 0.3 is 0 Å². The van der Waals surface area contributed by atoms with E-state index in [9.17, 15) is 4.39 Å². The standard InChI is InChI=1S/C14H13FN2O/c15-13-6-3-7-14(17-13)16-11-8-9-18-12-5-2-1-4-10(11)12/h1-7,11H,8-9H2,(H,16,17). The molecule has 3 rings (SSSR count). The molecule has 1 N–H and O–H groups in total. The van der Waals surface area contributed by atoms with Crippen LogP contribution in [0.1, 0.15) is 18.0 Å². The van der Waals surface area contributed by atoms with Crippen molar-refractivity contribution in [2.75, 3.05) is 11.9 Å². The normalized spacial score (nSPS) is 17.7. The number of anilines is 1. The maximum atomic E-state index is 13.0. The summed E-state index contributed by atoms with van der Waals surface area (Å²) in [5.41, 5.74) is 1.09. The molecule has 0 saturated carbocycles. The van der Waals surface area contributed by atoms with Gasteiger partial charge in [0.1, 0.15) is 11.6 Å². The van der Waals surface area contributed by atoms with Crippen molar-refractivity contribution in [1.29, 1.82) is 0 Å². The van der Waals surface area contributed by atoms with E-state index >= 15 is 0 Å². The zero-order valence-electron chi connectivity index (χ0n) is 9.77. The molecule has 1 aromatic heterocycles. The molecule has 0 radical (unpaired) electrons. The van der Waals surface area contributed by atoms with Gasteiger partial charge in [0, 0.05) is 12.0 Å². The Morgan fingerprint density at radius 3 is 2.94 bits per heavy atom. The van der Waals surface area contributed by atoms with Crippen LogP contribution in [-0.2, 0) is 0 Å². The second-order valence-corrected chi connectivity index (χ2v) is 4.22. The van der Waals surface area contributed by atoms with Crippen LogP contribution in [0.5, 0.6) is 5.75 Å². The maximum absolute atomic E-state index is 13.0. The van der Waals surface area contributed by atoms with Crippen LogP contribution in [0.4, 0.5) is 10.2 Å². The van der Waals surface area contributed by atoms with Gasteiger partial charge < -0.3 is 10.1 Å². The van der Waals surface area contributed by atoms with Crippen LogP contribution in [0.15, 0.2) is 42.5 Å². The Labute approximate surface area is 105 Å². The molecular weight excluding hydrogens is 231 g/mol. The second kappa shape index (κ2) is 4.64. The number of ether oxygens (including phenoxy) is 1. The molecule has 18 heavy (non-hydrogen) atoms. The van der Waals surface area contributed by atoms with Crippen molar-refractivity contribution in [2.45, 2.75) is 12.5 Å². The number of fused-ring (bicyclic) bond motifs is 1. The number of nitrogens with one attached hydrogen (secondary N) is 1. The lowest BCUT2D eigenvalue weighted by Gasteiger charge is -2.26. The lowest BCUT2D eigenvalue weighted by atomic mass is 10.0. The predicted molar refractivity (Wildman–Crippen MR) is 67.1 cm³/mol. The average Bonchev–Trinajstić information content (AvgIpc) is 2.39. The van der Waals surface area contributed by atoms with Gasteiger partial charge in [-0.15, -0.1) is 0 Å². The van der Waals surface area contributed by atoms with Crippen LogP contribution in [0, 0.1) is 5.95 Å². The van der Waals surface area contributed by atoms with Crippen molar-refractivity contribution in [3.8, 4) is 5.75 Å². The first-order valence-corrected chi connectivity index (χ1v) is 5.94. The van der Waals surface area contributed by atoms with Crippen molar-refractivity contribution in [3.05, 3.63) is 54.0 Å². The highest BCUT2D eigenvalue weighted by atomic mass is 19.1. The minimum Gasteiger partial charge on any atom is -0.493 e. The highest BCUT2D eigenvalue weighted by molar-refractivity contribution is 5.44. The molecule has 1 aliphatic heterocycles. The first kappa shape index (κ1) is 11.0. The minimum atomic E-state index is -0.472. The number of hydrogen-bond acceptors (Lipinski definition) is 3. The quantitative estimate of drug-likeness (QED) is 0.824. The van der Waals surface area contributed by atoms with Gasteiger partial charge in [0.25, 0.3) is 0 Å². The lowest BCUT2D eigenvalue weighted by Crippen LogP contribution is -2.20. The second-order valence-electron chi connectivity index (χ2n) is 4.22. The summed E-state index contributed by atoms with van der Waals surface area (Å²) in [6.45, 7) is 0.657. The van der Waals surface area contributed by atoms with Gasteiger partial charge in [-0.1, -0.05) is 24.3 Å². The number of nitrogens with zero attached hydrogens (tertiary/aromatic N) is 1. The number of halogens is 1. The molecule has 0 fully saturated rings. The average molecular weight is 244 g/mol. The van der Waals surface area contributed by atoms with E-state index in [2.05, 4.69) is 10.3 Å². The monoisotopic (exact) mass is 244 g/mol. The molecule has 0 aliphatic carbocycles. The van der Waals surface area contributed by atoms with Crippen LogP contribution in [-0.4, -0.2) is 11.6 Å². The van der Waals surface area contributed by atoms with E-state index in [1.165, 1.54) is 6.07 Å². The molecule has 0 bridgehead atoms. The van der Waals surface area contributed by atoms with Crippen LogP contribution in [0.25, 0.3) is 0 Å². The topological polar surface area (TPSA) is 34.1 Å². The molecule has 1 atom stereocenters. The Morgan fingerprint density at radius 2 is 2.06 bits per heavy atom. The van der Waals surface area contributed by atoms with Gasteiger partial charge in [-0.25, -0.2) is 4.98 Å². The molecule has 0 amide bonds. The molecule has 1 aliphatic rings. The van der Waals surface area contributed by atoms with Gasteiger partial charge in [-0.05, 0) is 18.2 Å². The van der Waals surface area contributed by atoms with Gasteiger partial charge in [-0.2, -0.15) is 4.39 Å². The Hall–Kier alpha value is -2.10. The molecule has 1 aromatic carbocycles. The van der Waals surface area contributed by atoms with Gasteiger partial charge in [-0.3, -0.25) is 0 Å². The number of pyridine rings is 1. The highest BCUT2D eigenvalue weighted by Gasteiger charge is 2.20. The molecule has 0 spiro atoms. The molecular formula is C14H13FN2O. The maximum Gasteiger partial charge on any atom is 0.214 e. The van der Waals surface area contributed by atoms with Crippen LogP contribution in [0.3, 0.4) is 0 Å². The summed E-state index contributed by atoms with van der Waals surface area (Å²) >= 11 is 0. The SMILES string of the molecule is Fc1cccc(NC2CCOc3ccccc32)n1. The lowest BCUT2D eigenvalue weighted by molar-refractivity contribution is 0.274. The summed E-state index contributed by atoms with van der Waals surface area (Å²) in [6, 6.07) is 12.8. The van der Waals surface area contributed by atoms with Crippen molar-refractivity contribution >= 4 is 5.82 Å². The number of aromatic nitrogens is 1. The van der Waals surface area contributed by atoms with Crippen molar-refractivity contribution in [2.24, 2.45) is 0 Å². The summed E-state index contributed by atoms with van der Waals surface area (Å²) in [4.78, 5) is 3.82. The smallest absolute Gasteiger partial charge is 0.214 e. The number of hydrogen-bond donors (Lipinski definition) is 1. The number of benzene rings is 1. The van der Waals surface area contributed by atoms with E-state index in [0.717, 1.165) is 17.7 Å². The summed E-state index contributed by atoms with van der Waals surface area (Å²) in [7, 11) is 0. The largest absolute Gasteiger partial charge is 0.493 e. The molecule has 92 valence electrons. The minimum absolute atomic E-state index is 0.115. The fraction of sp³-hybridized carbons (Fsp3) is 0.214. The third-order valence-electron chi connectivity index (χ3n) is 3.00. The van der Waals surface area contributed by atoms with E-state index in [0.29, 0.717) is 12.4 Å². The van der Waals surface area contributed by atoms with Gasteiger partial charge in [0.2, 0.25) is 5.95 Å². The summed E-state index contributed by atoms with van der Waals surface area (Å²) in [5, 5.41) is 3.25. The Balaban J connectivity index is 1.86. The highest BCUT2D eigenvalue weighted by Crippen LogP contribution is 2.33. The third kappa shape index (κ3) is 2.14. The zero-order valence-corrected chi connectivity index (χ0v) is 9.77. The van der Waals surface area contributed by atoms with E-state index in [1.54, 1.807) is 12.1 Å². The molecule has 2 heterocycles. The van der Waals surface area contributed by atoms with Gasteiger partial charge in [0.05, 0.1) is 12.6 Å². The van der Waals surface area contributed by atoms with E-state index in [4.69, 9.17) is 4.74 Å². The van der Waals surface area contributed by atoms with Crippen molar-refractivity contribution < 1.29 is 9.13 Å². The molecule has 4 heteroatoms. The van der Waals surface area contributed by atoms with Crippen LogP contribution < -0.4 is 10.1 Å². The van der Waals surface area contributed by atoms with Gasteiger partial charge in [0.15, 0.2) is 0 Å². The van der Waals surface area contributed by atoms with Crippen molar-refractivity contribution in [3.63, 3.8) is 0 Å². The van der Waals surface area contributed by atoms with E-state index < -0.39 is 5.95 Å². The molecule has 0 saturated heterocycles. The summed E-state index contributed by atoms with van der Waals surface area (Å²) in [5.74, 6) is 0.967. The van der Waals surface area contributed by atoms with Crippen LogP contribution >= 0.6 is 0 Å². The Morgan fingerprint density at radius 1 is 1.17 bits per heavy atom. The predicted octanol–water partition coefficient (Wildman–Crippen LogP) is 3.16. The first-order chi connectivity index (χ1) is 8.83. The Bertz CT molecular complexity index is 559. The summed E-state index contributed by atoms with van der Waals surface area (Å²) in [6.07, 6.45) is 0.842. The summed E-state index contributed by atoms with van der Waals surface area (Å²) < 4.78 is 18.6. The number of rotatable bonds is 2. The molecule has 3 nitrogen and oxygen atoms in total. The number of para-hydroxylation sites is 1. The Kier molecular flexibility index (Phi) is 2.84. The fourth-order valence-corrected chi connectivity index (χ4v) is 2.16. The fourth-order valence-electron chi connectivity index (χ4n) is 2.16. The molecule has 2 aromatic rings. The van der Waals surface area contributed by atoms with Crippen LogP contribution in [0.2, 0.25) is 0 Å². The van der Waals surface area contributed by atoms with Crippen molar-refractivity contribution in [1.82, 2.24) is 4.98 Å². The third-order valence-corrected chi connectivity index (χ3v) is 3.00. The first-order valence-electron chi connectivity index (χ1n) is 5.94. The molecule has 1 unspecified atom stereocenters.